The molecule has 0 radical (unpaired) electrons. The summed E-state index contributed by atoms with van der Waals surface area (Å²) in [7, 11) is 0. The van der Waals surface area contributed by atoms with E-state index in [1.807, 2.05) is 0 Å². The zero-order chi connectivity index (χ0) is 14.0. The summed E-state index contributed by atoms with van der Waals surface area (Å²) in [5, 5.41) is 13.0. The van der Waals surface area contributed by atoms with Crippen molar-refractivity contribution in [3.05, 3.63) is 11.7 Å². The van der Waals surface area contributed by atoms with Gasteiger partial charge >= 0.3 is 6.18 Å². The summed E-state index contributed by atoms with van der Waals surface area (Å²) in [6.07, 6.45) is -6.08. The largest absolute Gasteiger partial charge is 0.415 e. The first kappa shape index (κ1) is 17.2. The molecule has 1 aliphatic rings. The summed E-state index contributed by atoms with van der Waals surface area (Å²) in [5.41, 5.74) is 5.31. The zero-order valence-electron chi connectivity index (χ0n) is 10.5. The highest BCUT2D eigenvalue weighted by Crippen LogP contribution is 2.31. The maximum atomic E-state index is 12.5. The maximum Gasteiger partial charge on any atom is 0.415 e. The minimum absolute atomic E-state index is 0. The van der Waals surface area contributed by atoms with E-state index in [4.69, 9.17) is 10.3 Å². The lowest BCUT2D eigenvalue weighted by Gasteiger charge is -2.28. The van der Waals surface area contributed by atoms with Crippen molar-refractivity contribution < 1.29 is 22.8 Å². The Bertz CT molecular complexity index is 429. The lowest BCUT2D eigenvalue weighted by molar-refractivity contribution is -0.219. The van der Waals surface area contributed by atoms with Crippen molar-refractivity contribution in [3.63, 3.8) is 0 Å². The average Bonchev–Trinajstić information content (AvgIpc) is 2.96. The Morgan fingerprint density at radius 3 is 2.75 bits per heavy atom. The number of nitrogens with zero attached hydrogens (tertiary/aromatic N) is 3. The van der Waals surface area contributed by atoms with Crippen LogP contribution in [0.15, 0.2) is 4.52 Å². The van der Waals surface area contributed by atoms with E-state index in [2.05, 4.69) is 10.1 Å². The van der Waals surface area contributed by atoms with Crippen molar-refractivity contribution in [2.24, 2.45) is 5.73 Å². The van der Waals surface area contributed by atoms with Gasteiger partial charge in [-0.1, -0.05) is 5.16 Å². The zero-order valence-corrected chi connectivity index (χ0v) is 11.3. The van der Waals surface area contributed by atoms with E-state index in [0.29, 0.717) is 19.4 Å². The first-order chi connectivity index (χ1) is 8.91. The number of alkyl halides is 3. The van der Waals surface area contributed by atoms with Gasteiger partial charge in [0.05, 0.1) is 13.1 Å². The monoisotopic (exact) mass is 316 g/mol. The Morgan fingerprint density at radius 1 is 1.50 bits per heavy atom. The molecule has 1 aliphatic heterocycles. The molecule has 1 fully saturated rings. The molecule has 2 rings (SSSR count). The highest BCUT2D eigenvalue weighted by atomic mass is 35.5. The number of aliphatic hydroxyl groups is 1. The first-order valence-electron chi connectivity index (χ1n) is 5.92. The standard InChI is InChI=1S/C10H15F3N4O2.ClH/c11-10(12,13)9(18)6-2-1-3-17(6)5-7-15-8(4-14)19-16-7;/h6,9,18H,1-5,14H2;1H. The molecule has 10 heteroatoms. The molecule has 6 nitrogen and oxygen atoms in total. The summed E-state index contributed by atoms with van der Waals surface area (Å²) in [5.74, 6) is 0.517. The van der Waals surface area contributed by atoms with Crippen LogP contribution in [-0.2, 0) is 13.1 Å². The van der Waals surface area contributed by atoms with Crippen LogP contribution in [0, 0.1) is 0 Å². The Balaban J connectivity index is 0.00000200. The third-order valence-corrected chi connectivity index (χ3v) is 3.14. The summed E-state index contributed by atoms with van der Waals surface area (Å²) in [4.78, 5) is 5.46. The summed E-state index contributed by atoms with van der Waals surface area (Å²) >= 11 is 0. The van der Waals surface area contributed by atoms with Crippen molar-refractivity contribution in [2.45, 2.75) is 44.3 Å². The van der Waals surface area contributed by atoms with Crippen LogP contribution in [0.3, 0.4) is 0 Å². The number of aliphatic hydroxyl groups excluding tert-OH is 1. The Labute approximate surface area is 119 Å². The number of aromatic nitrogens is 2. The average molecular weight is 317 g/mol. The Morgan fingerprint density at radius 2 is 2.20 bits per heavy atom. The number of hydrogen-bond donors (Lipinski definition) is 2. The van der Waals surface area contributed by atoms with Crippen LogP contribution >= 0.6 is 12.4 Å². The van der Waals surface area contributed by atoms with E-state index in [0.717, 1.165) is 0 Å². The lowest BCUT2D eigenvalue weighted by Crippen LogP contribution is -2.46. The van der Waals surface area contributed by atoms with Crippen LogP contribution in [0.1, 0.15) is 24.6 Å². The second kappa shape index (κ2) is 6.70. The highest BCUT2D eigenvalue weighted by Gasteiger charge is 2.47. The fraction of sp³-hybridized carbons (Fsp3) is 0.800. The fourth-order valence-corrected chi connectivity index (χ4v) is 2.24. The van der Waals surface area contributed by atoms with E-state index in [-0.39, 0.29) is 37.2 Å². The number of rotatable bonds is 4. The molecule has 0 spiro atoms. The second-order valence-corrected chi connectivity index (χ2v) is 4.47. The number of halogens is 4. The molecular weight excluding hydrogens is 301 g/mol. The van der Waals surface area contributed by atoms with E-state index in [1.165, 1.54) is 4.90 Å². The second-order valence-electron chi connectivity index (χ2n) is 4.47. The van der Waals surface area contributed by atoms with Gasteiger partial charge in [0.1, 0.15) is 0 Å². The molecular formula is C10H16ClF3N4O2. The predicted octanol–water partition coefficient (Wildman–Crippen LogP) is 0.838. The van der Waals surface area contributed by atoms with Gasteiger partial charge in [0, 0.05) is 6.04 Å². The van der Waals surface area contributed by atoms with Crippen LogP contribution in [0.2, 0.25) is 0 Å². The van der Waals surface area contributed by atoms with E-state index >= 15 is 0 Å². The molecule has 0 aliphatic carbocycles. The fourth-order valence-electron chi connectivity index (χ4n) is 2.24. The quantitative estimate of drug-likeness (QED) is 0.855. The normalized spacial score (nSPS) is 21.8. The molecule has 2 unspecified atom stereocenters. The summed E-state index contributed by atoms with van der Waals surface area (Å²) in [6.45, 7) is 0.660. The molecule has 1 aromatic heterocycles. The van der Waals surface area contributed by atoms with Crippen LogP contribution in [0.25, 0.3) is 0 Å². The van der Waals surface area contributed by atoms with Crippen LogP contribution in [0.5, 0.6) is 0 Å². The molecule has 2 atom stereocenters. The van der Waals surface area contributed by atoms with Gasteiger partial charge in [-0.05, 0) is 19.4 Å². The van der Waals surface area contributed by atoms with Crippen molar-refractivity contribution >= 4 is 12.4 Å². The molecule has 20 heavy (non-hydrogen) atoms. The van der Waals surface area contributed by atoms with Crippen LogP contribution in [0.4, 0.5) is 13.2 Å². The maximum absolute atomic E-state index is 12.5. The number of hydrogen-bond acceptors (Lipinski definition) is 6. The molecule has 2 heterocycles. The van der Waals surface area contributed by atoms with Crippen molar-refractivity contribution in [3.8, 4) is 0 Å². The Hall–Kier alpha value is -0.900. The minimum Gasteiger partial charge on any atom is -0.382 e. The summed E-state index contributed by atoms with van der Waals surface area (Å²) < 4.78 is 42.4. The molecule has 3 N–H and O–H groups in total. The molecule has 1 saturated heterocycles. The van der Waals surface area contributed by atoms with Gasteiger partial charge in [0.25, 0.3) is 0 Å². The van der Waals surface area contributed by atoms with Crippen LogP contribution < -0.4 is 5.73 Å². The van der Waals surface area contributed by atoms with Crippen LogP contribution in [-0.4, -0.2) is 45.0 Å². The number of likely N-dealkylation sites (tertiary alicyclic amines) is 1. The van der Waals surface area contributed by atoms with Gasteiger partial charge in [-0.3, -0.25) is 4.90 Å². The Kier molecular flexibility index (Phi) is 5.75. The van der Waals surface area contributed by atoms with Gasteiger partial charge in [0.15, 0.2) is 11.9 Å². The van der Waals surface area contributed by atoms with E-state index < -0.39 is 18.3 Å². The van der Waals surface area contributed by atoms with Crippen molar-refractivity contribution in [1.29, 1.82) is 0 Å². The smallest absolute Gasteiger partial charge is 0.382 e. The molecule has 0 aromatic carbocycles. The third kappa shape index (κ3) is 3.81. The van der Waals surface area contributed by atoms with Crippen molar-refractivity contribution in [1.82, 2.24) is 15.0 Å². The molecule has 1 aromatic rings. The van der Waals surface area contributed by atoms with Gasteiger partial charge < -0.3 is 15.4 Å². The molecule has 0 bridgehead atoms. The third-order valence-electron chi connectivity index (χ3n) is 3.14. The van der Waals surface area contributed by atoms with E-state index in [9.17, 15) is 18.3 Å². The minimum atomic E-state index is -4.62. The number of nitrogens with two attached hydrogens (primary N) is 1. The molecule has 0 saturated carbocycles. The summed E-state index contributed by atoms with van der Waals surface area (Å²) in [6, 6.07) is -0.958. The first-order valence-corrected chi connectivity index (χ1v) is 5.92. The topological polar surface area (TPSA) is 88.4 Å². The van der Waals surface area contributed by atoms with Gasteiger partial charge in [0.2, 0.25) is 5.89 Å². The van der Waals surface area contributed by atoms with Gasteiger partial charge in [-0.15, -0.1) is 12.4 Å². The van der Waals surface area contributed by atoms with Crippen molar-refractivity contribution in [2.75, 3.05) is 6.54 Å². The van der Waals surface area contributed by atoms with Gasteiger partial charge in [-0.2, -0.15) is 18.2 Å². The highest BCUT2D eigenvalue weighted by molar-refractivity contribution is 5.85. The van der Waals surface area contributed by atoms with Gasteiger partial charge in [-0.25, -0.2) is 0 Å². The lowest BCUT2D eigenvalue weighted by atomic mass is 10.1. The SMILES string of the molecule is Cl.NCc1nc(CN2CCCC2C(O)C(F)(F)F)no1. The molecule has 116 valence electrons. The molecule has 0 amide bonds. The predicted molar refractivity (Wildman–Crippen MR) is 64.9 cm³/mol. The van der Waals surface area contributed by atoms with E-state index in [1.54, 1.807) is 0 Å².